The molecule has 0 bridgehead atoms. The average molecular weight is 445 g/mol. The Morgan fingerprint density at radius 1 is 1.03 bits per heavy atom. The summed E-state index contributed by atoms with van der Waals surface area (Å²) >= 11 is 0. The maximum atomic E-state index is 13.4. The molecule has 1 N–H and O–H groups in total. The van der Waals surface area contributed by atoms with Gasteiger partial charge in [0.1, 0.15) is 11.6 Å². The van der Waals surface area contributed by atoms with Crippen LogP contribution >= 0.6 is 0 Å². The van der Waals surface area contributed by atoms with E-state index in [4.69, 9.17) is 14.2 Å². The summed E-state index contributed by atoms with van der Waals surface area (Å²) in [7, 11) is 3.04. The van der Waals surface area contributed by atoms with Crippen LogP contribution < -0.4 is 14.8 Å². The van der Waals surface area contributed by atoms with E-state index in [1.54, 1.807) is 31.2 Å². The van der Waals surface area contributed by atoms with Crippen LogP contribution in [-0.2, 0) is 9.53 Å². The zero-order chi connectivity index (χ0) is 23.3. The van der Waals surface area contributed by atoms with Gasteiger partial charge < -0.3 is 19.5 Å². The molecule has 0 unspecified atom stereocenters. The lowest BCUT2D eigenvalue weighted by Crippen LogP contribution is -2.34. The van der Waals surface area contributed by atoms with E-state index < -0.39 is 35.5 Å². The fraction of sp³-hybridized carbons (Fsp3) is 0.333. The highest BCUT2D eigenvalue weighted by Gasteiger charge is 2.35. The van der Waals surface area contributed by atoms with Gasteiger partial charge in [-0.25, -0.2) is 8.78 Å². The molecule has 3 rings (SSSR count). The Kier molecular flexibility index (Phi) is 7.45. The third kappa shape index (κ3) is 5.25. The van der Waals surface area contributed by atoms with Crippen molar-refractivity contribution in [1.29, 1.82) is 0 Å². The minimum absolute atomic E-state index is 0.110. The predicted molar refractivity (Wildman–Crippen MR) is 114 cm³/mol. The number of carbonyl (C=O) groups excluding carboxylic acids is 2. The Balaban J connectivity index is 1.78. The summed E-state index contributed by atoms with van der Waals surface area (Å²) in [6.45, 7) is 1.96. The molecule has 0 heterocycles. The monoisotopic (exact) mass is 445 g/mol. The van der Waals surface area contributed by atoms with E-state index in [-0.39, 0.29) is 18.1 Å². The number of allylic oxidation sites excluding steroid dienone is 1. The van der Waals surface area contributed by atoms with Crippen LogP contribution in [-0.4, -0.2) is 38.7 Å². The second kappa shape index (κ2) is 10.3. The first-order chi connectivity index (χ1) is 15.4. The third-order valence-corrected chi connectivity index (χ3v) is 5.29. The van der Waals surface area contributed by atoms with Gasteiger partial charge in [-0.15, -0.1) is 0 Å². The molecule has 8 heteroatoms. The molecular weight excluding hydrogens is 420 g/mol. The first-order valence-corrected chi connectivity index (χ1v) is 10.2. The van der Waals surface area contributed by atoms with Crippen molar-refractivity contribution in [3.8, 4) is 11.5 Å². The Hall–Kier alpha value is -3.42. The van der Waals surface area contributed by atoms with E-state index in [1.807, 2.05) is 6.08 Å². The number of carbonyl (C=O) groups is 2. The maximum Gasteiger partial charge on any atom is 0.314 e. The van der Waals surface area contributed by atoms with Gasteiger partial charge in [-0.05, 0) is 49.1 Å². The number of amides is 1. The van der Waals surface area contributed by atoms with Gasteiger partial charge in [0.15, 0.2) is 11.5 Å². The van der Waals surface area contributed by atoms with E-state index in [0.29, 0.717) is 29.5 Å². The van der Waals surface area contributed by atoms with Crippen LogP contribution in [0.5, 0.6) is 11.5 Å². The van der Waals surface area contributed by atoms with E-state index in [2.05, 4.69) is 5.32 Å². The molecule has 0 saturated heterocycles. The molecule has 0 saturated carbocycles. The summed E-state index contributed by atoms with van der Waals surface area (Å²) in [5.41, 5.74) is 0.580. The molecular formula is C24H25F2NO5. The van der Waals surface area contributed by atoms with Crippen molar-refractivity contribution in [1.82, 2.24) is 5.32 Å². The van der Waals surface area contributed by atoms with Crippen LogP contribution in [0, 0.1) is 17.6 Å². The summed E-state index contributed by atoms with van der Waals surface area (Å²) in [5.74, 6) is -2.52. The van der Waals surface area contributed by atoms with Gasteiger partial charge in [-0.3, -0.25) is 9.59 Å². The van der Waals surface area contributed by atoms with E-state index in [0.717, 1.165) is 12.1 Å². The van der Waals surface area contributed by atoms with Crippen molar-refractivity contribution in [2.45, 2.75) is 25.3 Å². The molecule has 1 aliphatic carbocycles. The number of halogens is 2. The first kappa shape index (κ1) is 23.2. The van der Waals surface area contributed by atoms with E-state index >= 15 is 0 Å². The van der Waals surface area contributed by atoms with Gasteiger partial charge in [0.2, 0.25) is 0 Å². The van der Waals surface area contributed by atoms with Crippen LogP contribution in [0.3, 0.4) is 0 Å². The summed E-state index contributed by atoms with van der Waals surface area (Å²) in [5, 5.41) is 2.74. The molecule has 1 amide bonds. The van der Waals surface area contributed by atoms with Crippen LogP contribution in [0.25, 0.3) is 0 Å². The number of esters is 1. The normalized spacial score (nSPS) is 18.2. The number of ether oxygens (including phenoxy) is 3. The van der Waals surface area contributed by atoms with Crippen molar-refractivity contribution in [2.75, 3.05) is 20.8 Å². The molecule has 170 valence electrons. The summed E-state index contributed by atoms with van der Waals surface area (Å²) in [4.78, 5) is 25.3. The van der Waals surface area contributed by atoms with Gasteiger partial charge in [0.05, 0.1) is 26.7 Å². The van der Waals surface area contributed by atoms with Crippen molar-refractivity contribution >= 4 is 11.9 Å². The van der Waals surface area contributed by atoms with Gasteiger partial charge >= 0.3 is 5.97 Å². The Labute approximate surface area is 185 Å². The number of hydrogen-bond acceptors (Lipinski definition) is 5. The van der Waals surface area contributed by atoms with Gasteiger partial charge in [0, 0.05) is 17.7 Å². The van der Waals surface area contributed by atoms with Crippen molar-refractivity contribution in [3.05, 3.63) is 71.3 Å². The first-order valence-electron chi connectivity index (χ1n) is 10.2. The Morgan fingerprint density at radius 3 is 2.34 bits per heavy atom. The number of nitrogens with one attached hydrogen (secondary N) is 1. The molecule has 0 aliphatic heterocycles. The quantitative estimate of drug-likeness (QED) is 0.491. The zero-order valence-electron chi connectivity index (χ0n) is 18.1. The second-order valence-corrected chi connectivity index (χ2v) is 7.37. The SMILES string of the molecule is CCOC(=O)[C@H](c1ccc(OC)c(OC)c1)[C@H]1C=C[C@@H](NC(=O)c2cc(F)cc(F)c2)C1. The molecule has 3 atom stereocenters. The largest absolute Gasteiger partial charge is 0.493 e. The molecule has 2 aromatic carbocycles. The number of rotatable bonds is 8. The number of benzene rings is 2. The highest BCUT2D eigenvalue weighted by molar-refractivity contribution is 5.94. The average Bonchev–Trinajstić information content (AvgIpc) is 3.21. The molecule has 6 nitrogen and oxygen atoms in total. The Morgan fingerprint density at radius 2 is 1.72 bits per heavy atom. The Bertz CT molecular complexity index is 1000. The molecule has 2 aromatic rings. The van der Waals surface area contributed by atoms with Crippen LogP contribution in [0.15, 0.2) is 48.6 Å². The summed E-state index contributed by atoms with van der Waals surface area (Å²) in [6.07, 6.45) is 4.03. The number of methoxy groups -OCH3 is 2. The van der Waals surface area contributed by atoms with Crippen molar-refractivity contribution in [3.63, 3.8) is 0 Å². The second-order valence-electron chi connectivity index (χ2n) is 7.37. The van der Waals surface area contributed by atoms with Gasteiger partial charge in [-0.2, -0.15) is 0 Å². The van der Waals surface area contributed by atoms with Crippen LogP contribution in [0.1, 0.15) is 35.2 Å². The highest BCUT2D eigenvalue weighted by Crippen LogP contribution is 2.38. The fourth-order valence-corrected chi connectivity index (χ4v) is 3.85. The van der Waals surface area contributed by atoms with Crippen LogP contribution in [0.2, 0.25) is 0 Å². The summed E-state index contributed by atoms with van der Waals surface area (Å²) in [6, 6.07) is 7.47. The topological polar surface area (TPSA) is 73.9 Å². The standard InChI is InChI=1S/C24H25F2NO5/c1-4-32-24(29)22(15-6-8-20(30-2)21(12-15)31-3)14-5-7-19(11-14)27-23(28)16-9-17(25)13-18(26)10-16/h5-10,12-14,19,22H,4,11H2,1-3H3,(H,27,28)/t14-,19+,22-/m0/s1. The zero-order valence-corrected chi connectivity index (χ0v) is 18.1. The van der Waals surface area contributed by atoms with Crippen molar-refractivity contribution in [2.24, 2.45) is 5.92 Å². The van der Waals surface area contributed by atoms with Crippen molar-refractivity contribution < 1.29 is 32.6 Å². The lowest BCUT2D eigenvalue weighted by Gasteiger charge is -2.23. The molecule has 0 spiro atoms. The lowest BCUT2D eigenvalue weighted by molar-refractivity contribution is -0.146. The lowest BCUT2D eigenvalue weighted by atomic mass is 9.85. The minimum atomic E-state index is -0.828. The third-order valence-electron chi connectivity index (χ3n) is 5.29. The smallest absolute Gasteiger partial charge is 0.314 e. The van der Waals surface area contributed by atoms with Crippen LogP contribution in [0.4, 0.5) is 8.78 Å². The number of hydrogen-bond donors (Lipinski definition) is 1. The van der Waals surface area contributed by atoms with E-state index in [9.17, 15) is 18.4 Å². The van der Waals surface area contributed by atoms with Gasteiger partial charge in [0.25, 0.3) is 5.91 Å². The maximum absolute atomic E-state index is 13.4. The predicted octanol–water partition coefficient (Wildman–Crippen LogP) is 4.00. The molecule has 0 aromatic heterocycles. The molecule has 32 heavy (non-hydrogen) atoms. The molecule has 1 aliphatic rings. The molecule has 0 fully saturated rings. The van der Waals surface area contributed by atoms with Gasteiger partial charge in [-0.1, -0.05) is 18.2 Å². The van der Waals surface area contributed by atoms with E-state index in [1.165, 1.54) is 14.2 Å². The summed E-state index contributed by atoms with van der Waals surface area (Å²) < 4.78 is 42.8. The molecule has 0 radical (unpaired) electrons. The minimum Gasteiger partial charge on any atom is -0.493 e. The highest BCUT2D eigenvalue weighted by atomic mass is 19.1. The fourth-order valence-electron chi connectivity index (χ4n) is 3.85.